The van der Waals surface area contributed by atoms with Crippen molar-refractivity contribution < 1.29 is 0 Å². The molecule has 0 aliphatic carbocycles. The number of hydrogen-bond acceptors (Lipinski definition) is 1. The van der Waals surface area contributed by atoms with Crippen LogP contribution in [0.25, 0.3) is 28.1 Å². The Kier molecular flexibility index (Phi) is 4.10. The number of benzene rings is 3. The first-order valence-electron chi connectivity index (χ1n) is 8.91. The van der Waals surface area contributed by atoms with Crippen LogP contribution in [0.3, 0.4) is 0 Å². The van der Waals surface area contributed by atoms with Crippen molar-refractivity contribution in [2.75, 3.05) is 0 Å². The molecule has 0 fully saturated rings. The zero-order valence-corrected chi connectivity index (χ0v) is 14.7. The topological polar surface area (TPSA) is 17.8 Å². The van der Waals surface area contributed by atoms with Crippen LogP contribution >= 0.6 is 0 Å². The second-order valence-electron chi connectivity index (χ2n) is 6.53. The highest BCUT2D eigenvalue weighted by atomic mass is 15.1. The van der Waals surface area contributed by atoms with Crippen LogP contribution in [0.2, 0.25) is 0 Å². The van der Waals surface area contributed by atoms with Crippen molar-refractivity contribution in [1.82, 2.24) is 9.55 Å². The Morgan fingerprint density at radius 1 is 0.840 bits per heavy atom. The third-order valence-electron chi connectivity index (χ3n) is 4.93. The van der Waals surface area contributed by atoms with Crippen LogP contribution in [0.5, 0.6) is 0 Å². The number of hydrogen-bond donors (Lipinski definition) is 0. The first-order valence-corrected chi connectivity index (χ1v) is 8.91. The van der Waals surface area contributed by atoms with Gasteiger partial charge in [-0.2, -0.15) is 0 Å². The summed E-state index contributed by atoms with van der Waals surface area (Å²) in [5.41, 5.74) is 5.82. The molecule has 0 aliphatic heterocycles. The molecular formula is C23H22N2. The van der Waals surface area contributed by atoms with Crippen molar-refractivity contribution in [2.45, 2.75) is 26.2 Å². The van der Waals surface area contributed by atoms with Gasteiger partial charge in [0, 0.05) is 11.3 Å². The van der Waals surface area contributed by atoms with Gasteiger partial charge in [-0.25, -0.2) is 4.98 Å². The maximum atomic E-state index is 4.92. The third kappa shape index (κ3) is 2.85. The summed E-state index contributed by atoms with van der Waals surface area (Å²) in [4.78, 5) is 4.92. The second-order valence-corrected chi connectivity index (χ2v) is 6.53. The minimum atomic E-state index is 0.585. The summed E-state index contributed by atoms with van der Waals surface area (Å²) < 4.78 is 2.24. The summed E-state index contributed by atoms with van der Waals surface area (Å²) in [7, 11) is 0. The van der Waals surface area contributed by atoms with E-state index in [9.17, 15) is 0 Å². The van der Waals surface area contributed by atoms with Crippen LogP contribution in [-0.4, -0.2) is 9.55 Å². The van der Waals surface area contributed by atoms with Crippen LogP contribution in [0, 0.1) is 0 Å². The largest absolute Gasteiger partial charge is 0.292 e. The molecule has 3 aromatic carbocycles. The van der Waals surface area contributed by atoms with E-state index in [4.69, 9.17) is 4.98 Å². The lowest BCUT2D eigenvalue weighted by atomic mass is 9.97. The Balaban J connectivity index is 1.90. The number of rotatable bonds is 4. The van der Waals surface area contributed by atoms with Gasteiger partial charge in [-0.1, -0.05) is 68.4 Å². The highest BCUT2D eigenvalue weighted by Crippen LogP contribution is 2.29. The van der Waals surface area contributed by atoms with Gasteiger partial charge in [-0.3, -0.25) is 4.57 Å². The van der Waals surface area contributed by atoms with Gasteiger partial charge in [-0.05, 0) is 42.2 Å². The van der Waals surface area contributed by atoms with E-state index in [2.05, 4.69) is 85.1 Å². The van der Waals surface area contributed by atoms with Crippen molar-refractivity contribution in [2.24, 2.45) is 0 Å². The first-order chi connectivity index (χ1) is 12.3. The van der Waals surface area contributed by atoms with Gasteiger partial charge < -0.3 is 0 Å². The van der Waals surface area contributed by atoms with Crippen molar-refractivity contribution in [3.05, 3.63) is 84.4 Å². The number of aromatic nitrogens is 2. The molecule has 0 amide bonds. The van der Waals surface area contributed by atoms with E-state index < -0.39 is 0 Å². The van der Waals surface area contributed by atoms with E-state index in [0.717, 1.165) is 34.5 Å². The molecule has 124 valence electrons. The summed E-state index contributed by atoms with van der Waals surface area (Å²) in [5, 5.41) is 0. The van der Waals surface area contributed by atoms with Gasteiger partial charge in [-0.15, -0.1) is 0 Å². The smallest absolute Gasteiger partial charge is 0.145 e. The van der Waals surface area contributed by atoms with Gasteiger partial charge in [0.25, 0.3) is 0 Å². The summed E-state index contributed by atoms with van der Waals surface area (Å²) >= 11 is 0. The Morgan fingerprint density at radius 2 is 1.52 bits per heavy atom. The molecule has 1 atom stereocenters. The molecule has 1 unspecified atom stereocenters. The normalized spacial score (nSPS) is 12.4. The lowest BCUT2D eigenvalue weighted by Gasteiger charge is -2.12. The van der Waals surface area contributed by atoms with Gasteiger partial charge in [0.2, 0.25) is 0 Å². The molecule has 0 aliphatic rings. The standard InChI is InChI=1S/C23H22N2/c1-3-17(2)18-13-15-19(16-14-18)23-24-21-11-7-8-12-22(21)25(23)20-9-5-4-6-10-20/h4-17H,3H2,1-2H3. The molecule has 1 heterocycles. The van der Waals surface area contributed by atoms with Crippen LogP contribution in [0.1, 0.15) is 31.7 Å². The van der Waals surface area contributed by atoms with Crippen LogP contribution in [0.4, 0.5) is 0 Å². The highest BCUT2D eigenvalue weighted by molar-refractivity contribution is 5.83. The fourth-order valence-corrected chi connectivity index (χ4v) is 3.25. The summed E-state index contributed by atoms with van der Waals surface area (Å²) in [6, 6.07) is 27.6. The molecular weight excluding hydrogens is 304 g/mol. The minimum Gasteiger partial charge on any atom is -0.292 e. The Labute approximate surface area is 148 Å². The van der Waals surface area contributed by atoms with Crippen molar-refractivity contribution in [3.8, 4) is 17.1 Å². The maximum Gasteiger partial charge on any atom is 0.145 e. The number of imidazole rings is 1. The van der Waals surface area contributed by atoms with Crippen LogP contribution < -0.4 is 0 Å². The summed E-state index contributed by atoms with van der Waals surface area (Å²) in [5.74, 6) is 1.57. The number of nitrogens with zero attached hydrogens (tertiary/aromatic N) is 2. The second kappa shape index (κ2) is 6.56. The van der Waals surface area contributed by atoms with Crippen molar-refractivity contribution >= 4 is 11.0 Å². The van der Waals surface area contributed by atoms with Gasteiger partial charge in [0.15, 0.2) is 0 Å². The fraction of sp³-hybridized carbons (Fsp3) is 0.174. The molecule has 4 aromatic rings. The molecule has 2 nitrogen and oxygen atoms in total. The molecule has 0 saturated carbocycles. The Morgan fingerprint density at radius 3 is 2.24 bits per heavy atom. The maximum absolute atomic E-state index is 4.92. The third-order valence-corrected chi connectivity index (χ3v) is 4.93. The molecule has 0 N–H and O–H groups in total. The number of fused-ring (bicyclic) bond motifs is 1. The molecule has 1 aromatic heterocycles. The van der Waals surface area contributed by atoms with Gasteiger partial charge in [0.1, 0.15) is 5.82 Å². The minimum absolute atomic E-state index is 0.585. The first kappa shape index (κ1) is 15.6. The summed E-state index contributed by atoms with van der Waals surface area (Å²) in [6.45, 7) is 4.50. The predicted molar refractivity (Wildman–Crippen MR) is 105 cm³/mol. The SMILES string of the molecule is CCC(C)c1ccc(-c2nc3ccccc3n2-c2ccccc2)cc1. The predicted octanol–water partition coefficient (Wildman–Crippen LogP) is 6.21. The van der Waals surface area contributed by atoms with E-state index in [1.54, 1.807) is 0 Å². The van der Waals surface area contributed by atoms with E-state index in [1.165, 1.54) is 5.56 Å². The zero-order valence-electron chi connectivity index (χ0n) is 14.7. The molecule has 25 heavy (non-hydrogen) atoms. The molecule has 0 bridgehead atoms. The average Bonchev–Trinajstić information content (AvgIpc) is 3.07. The number of para-hydroxylation sites is 3. The van der Waals surface area contributed by atoms with Crippen molar-refractivity contribution in [1.29, 1.82) is 0 Å². The molecule has 2 heteroatoms. The molecule has 4 rings (SSSR count). The Bertz CT molecular complexity index is 982. The van der Waals surface area contributed by atoms with E-state index in [0.29, 0.717) is 5.92 Å². The molecule has 0 saturated heterocycles. The fourth-order valence-electron chi connectivity index (χ4n) is 3.25. The van der Waals surface area contributed by atoms with Crippen molar-refractivity contribution in [3.63, 3.8) is 0 Å². The monoisotopic (exact) mass is 326 g/mol. The van der Waals surface area contributed by atoms with E-state index in [-0.39, 0.29) is 0 Å². The summed E-state index contributed by atoms with van der Waals surface area (Å²) in [6.07, 6.45) is 1.15. The lowest BCUT2D eigenvalue weighted by molar-refractivity contribution is 0.734. The Hall–Kier alpha value is -2.87. The average molecular weight is 326 g/mol. The van der Waals surface area contributed by atoms with Gasteiger partial charge >= 0.3 is 0 Å². The molecule has 0 spiro atoms. The quantitative estimate of drug-likeness (QED) is 0.436. The van der Waals surface area contributed by atoms with Crippen LogP contribution in [0.15, 0.2) is 78.9 Å². The lowest BCUT2D eigenvalue weighted by Crippen LogP contribution is -1.98. The van der Waals surface area contributed by atoms with Crippen LogP contribution in [-0.2, 0) is 0 Å². The highest BCUT2D eigenvalue weighted by Gasteiger charge is 2.14. The molecule has 0 radical (unpaired) electrons. The van der Waals surface area contributed by atoms with Gasteiger partial charge in [0.05, 0.1) is 11.0 Å². The van der Waals surface area contributed by atoms with E-state index >= 15 is 0 Å². The zero-order chi connectivity index (χ0) is 17.2. The van der Waals surface area contributed by atoms with E-state index in [1.807, 2.05) is 12.1 Å².